The molecule has 0 aliphatic carbocycles. The maximum atomic E-state index is 15.0. The van der Waals surface area contributed by atoms with Crippen LogP contribution < -0.4 is 21.9 Å². The molecule has 2 N–H and O–H groups in total. The van der Waals surface area contributed by atoms with Crippen molar-refractivity contribution in [2.45, 2.75) is 26.9 Å². The van der Waals surface area contributed by atoms with Crippen molar-refractivity contribution in [2.24, 2.45) is 0 Å². The summed E-state index contributed by atoms with van der Waals surface area (Å²) in [6.45, 7) is 4.88. The van der Waals surface area contributed by atoms with Crippen LogP contribution in [-0.4, -0.2) is 58.9 Å². The normalized spacial score (nSPS) is 11.4. The van der Waals surface area contributed by atoms with Crippen LogP contribution in [0.1, 0.15) is 23.7 Å². The van der Waals surface area contributed by atoms with Crippen molar-refractivity contribution >= 4 is 33.3 Å². The molecule has 5 aromatic rings. The van der Waals surface area contributed by atoms with E-state index < -0.39 is 29.4 Å². The number of hydrogen-bond acceptors (Lipinski definition) is 7. The molecule has 46 heavy (non-hydrogen) atoms. The molecule has 13 heteroatoms. The minimum Gasteiger partial charge on any atom is -0.383 e. The number of carbonyl (C=O) groups is 1. The molecule has 2 aromatic carbocycles. The van der Waals surface area contributed by atoms with E-state index >= 15 is 0 Å². The summed E-state index contributed by atoms with van der Waals surface area (Å²) in [6, 6.07) is 15.2. The van der Waals surface area contributed by atoms with Crippen LogP contribution in [0.5, 0.6) is 0 Å². The van der Waals surface area contributed by atoms with E-state index in [2.05, 4.69) is 15.6 Å². The summed E-state index contributed by atoms with van der Waals surface area (Å²) in [7, 11) is 3.49. The largest absolute Gasteiger partial charge is 0.383 e. The number of ether oxygens (including phenoxy) is 1. The number of amides is 2. The number of aryl methyl sites for hydroxylation is 1. The van der Waals surface area contributed by atoms with Crippen molar-refractivity contribution < 1.29 is 18.3 Å². The van der Waals surface area contributed by atoms with Crippen molar-refractivity contribution in [3.63, 3.8) is 0 Å². The first kappa shape index (κ1) is 32.7. The highest BCUT2D eigenvalue weighted by Gasteiger charge is 2.26. The third kappa shape index (κ3) is 6.76. The predicted molar refractivity (Wildman–Crippen MR) is 176 cm³/mol. The molecule has 3 aromatic heterocycles. The monoisotopic (exact) mass is 648 g/mol. The van der Waals surface area contributed by atoms with Crippen molar-refractivity contribution in [1.82, 2.24) is 24.3 Å². The lowest BCUT2D eigenvalue weighted by molar-refractivity contribution is 0.159. The molecule has 2 amide bonds. The molecule has 3 heterocycles. The minimum atomic E-state index is -0.807. The van der Waals surface area contributed by atoms with Crippen molar-refractivity contribution in [2.75, 3.05) is 39.2 Å². The van der Waals surface area contributed by atoms with Gasteiger partial charge in [0, 0.05) is 48.6 Å². The number of aromatic nitrogens is 3. The van der Waals surface area contributed by atoms with Gasteiger partial charge in [-0.2, -0.15) is 0 Å². The maximum Gasteiger partial charge on any atom is 0.338 e. The molecule has 0 saturated heterocycles. The van der Waals surface area contributed by atoms with Crippen LogP contribution in [0.25, 0.3) is 26.5 Å². The van der Waals surface area contributed by atoms with Gasteiger partial charge < -0.3 is 15.4 Å². The highest BCUT2D eigenvalue weighted by atomic mass is 32.1. The topological polar surface area (TPSA) is 110 Å². The lowest BCUT2D eigenvalue weighted by Crippen LogP contribution is -2.39. The fourth-order valence-electron chi connectivity index (χ4n) is 5.13. The van der Waals surface area contributed by atoms with Crippen molar-refractivity contribution in [3.8, 4) is 16.3 Å². The summed E-state index contributed by atoms with van der Waals surface area (Å²) < 4.78 is 37.4. The fourth-order valence-corrected chi connectivity index (χ4v) is 6.43. The first-order valence-electron chi connectivity index (χ1n) is 14.6. The number of urea groups is 1. The Hall–Kier alpha value is -4.72. The van der Waals surface area contributed by atoms with E-state index in [4.69, 9.17) is 4.74 Å². The third-order valence-corrected chi connectivity index (χ3v) is 8.70. The van der Waals surface area contributed by atoms with Gasteiger partial charge in [0.15, 0.2) is 0 Å². The summed E-state index contributed by atoms with van der Waals surface area (Å²) in [4.78, 5) is 48.0. The molecule has 0 spiro atoms. The first-order chi connectivity index (χ1) is 22.1. The van der Waals surface area contributed by atoms with Crippen LogP contribution >= 0.6 is 11.3 Å². The Morgan fingerprint density at radius 2 is 1.72 bits per heavy atom. The quantitative estimate of drug-likeness (QED) is 0.206. The number of fused-ring (bicyclic) bond motifs is 1. The highest BCUT2D eigenvalue weighted by molar-refractivity contribution is 7.22. The van der Waals surface area contributed by atoms with Gasteiger partial charge >= 0.3 is 11.7 Å². The Kier molecular flexibility index (Phi) is 10.0. The van der Waals surface area contributed by atoms with Crippen LogP contribution in [0, 0.1) is 18.6 Å². The molecule has 10 nitrogen and oxygen atoms in total. The molecule has 0 bridgehead atoms. The molecule has 0 atom stereocenters. The molecule has 0 unspecified atom stereocenters. The van der Waals surface area contributed by atoms with Gasteiger partial charge in [-0.1, -0.05) is 24.3 Å². The number of nitrogens with zero attached hydrogens (tertiary/aromatic N) is 4. The Morgan fingerprint density at radius 3 is 2.37 bits per heavy atom. The number of nitrogens with one attached hydrogen (secondary N) is 2. The smallest absolute Gasteiger partial charge is 0.338 e. The number of hydrogen-bond donors (Lipinski definition) is 2. The van der Waals surface area contributed by atoms with E-state index in [1.54, 1.807) is 44.4 Å². The molecular formula is C33H34F2N6O4S. The van der Waals surface area contributed by atoms with E-state index in [1.165, 1.54) is 22.0 Å². The number of carbonyl (C=O) groups excluding carboxylic acids is 1. The Bertz CT molecular complexity index is 1980. The van der Waals surface area contributed by atoms with Crippen LogP contribution in [0.2, 0.25) is 0 Å². The molecule has 0 aliphatic heterocycles. The standard InChI is InChI=1S/C33H34F2N6O4S/c1-5-36-32(43)38-22-14-12-21(13-15-22)29-24(18-39(3)16-17-45-4)28-30(42)41(27-11-6-8-20(2)37-27)33(44)40(31(28)46-29)19-23-25(34)9-7-10-26(23)35/h6-15H,5,16-19H2,1-4H3,(H2,36,38,43). The van der Waals surface area contributed by atoms with Gasteiger partial charge in [0.1, 0.15) is 22.3 Å². The highest BCUT2D eigenvalue weighted by Crippen LogP contribution is 2.38. The molecule has 0 saturated carbocycles. The second kappa shape index (κ2) is 14.1. The molecule has 0 fully saturated rings. The van der Waals surface area contributed by atoms with Gasteiger partial charge in [0.2, 0.25) is 0 Å². The van der Waals surface area contributed by atoms with Gasteiger partial charge in [0.25, 0.3) is 5.56 Å². The van der Waals surface area contributed by atoms with Gasteiger partial charge in [-0.05, 0) is 68.4 Å². The van der Waals surface area contributed by atoms with E-state index in [0.717, 1.165) is 22.3 Å². The minimum absolute atomic E-state index is 0.104. The Morgan fingerprint density at radius 1 is 1.02 bits per heavy atom. The van der Waals surface area contributed by atoms with Crippen LogP contribution in [0.15, 0.2) is 70.3 Å². The number of anilines is 1. The number of halogens is 2. The molecular weight excluding hydrogens is 614 g/mol. The summed E-state index contributed by atoms with van der Waals surface area (Å²) in [5, 5.41) is 5.69. The molecule has 5 rings (SSSR count). The van der Waals surface area contributed by atoms with Crippen LogP contribution in [0.4, 0.5) is 19.3 Å². The number of thiophene rings is 1. The Labute approximate surface area is 267 Å². The van der Waals surface area contributed by atoms with E-state index in [1.807, 2.05) is 31.0 Å². The summed E-state index contributed by atoms with van der Waals surface area (Å²) >= 11 is 1.19. The van der Waals surface area contributed by atoms with Crippen LogP contribution in [-0.2, 0) is 17.8 Å². The molecule has 0 aliphatic rings. The lowest BCUT2D eigenvalue weighted by atomic mass is 10.1. The van der Waals surface area contributed by atoms with E-state index in [0.29, 0.717) is 48.1 Å². The van der Waals surface area contributed by atoms with E-state index in [9.17, 15) is 23.2 Å². The average molecular weight is 649 g/mol. The molecule has 240 valence electrons. The van der Waals surface area contributed by atoms with Crippen molar-refractivity contribution in [3.05, 3.63) is 110 Å². The second-order valence-corrected chi connectivity index (χ2v) is 11.7. The number of benzene rings is 2. The zero-order valence-electron chi connectivity index (χ0n) is 25.9. The number of likely N-dealkylation sites (N-methyl/N-ethyl adjacent to an activating group) is 1. The summed E-state index contributed by atoms with van der Waals surface area (Å²) in [5.41, 5.74) is 0.854. The molecule has 0 radical (unpaired) electrons. The van der Waals surface area contributed by atoms with Crippen LogP contribution in [0.3, 0.4) is 0 Å². The van der Waals surface area contributed by atoms with Crippen molar-refractivity contribution in [1.29, 1.82) is 0 Å². The zero-order chi connectivity index (χ0) is 33.0. The number of rotatable bonds is 11. The lowest BCUT2D eigenvalue weighted by Gasteiger charge is -2.17. The first-order valence-corrected chi connectivity index (χ1v) is 15.5. The number of pyridine rings is 1. The third-order valence-electron chi connectivity index (χ3n) is 7.40. The van der Waals surface area contributed by atoms with E-state index in [-0.39, 0.29) is 27.6 Å². The summed E-state index contributed by atoms with van der Waals surface area (Å²) in [5.74, 6) is -1.51. The Balaban J connectivity index is 1.79. The van der Waals surface area contributed by atoms with Gasteiger partial charge in [-0.3, -0.25) is 14.3 Å². The van der Waals surface area contributed by atoms with Gasteiger partial charge in [-0.15, -0.1) is 11.3 Å². The zero-order valence-corrected chi connectivity index (χ0v) is 26.7. The second-order valence-electron chi connectivity index (χ2n) is 10.7. The summed E-state index contributed by atoms with van der Waals surface area (Å²) in [6.07, 6.45) is 0. The van der Waals surface area contributed by atoms with Gasteiger partial charge in [-0.25, -0.2) is 27.9 Å². The predicted octanol–water partition coefficient (Wildman–Crippen LogP) is 5.13. The van der Waals surface area contributed by atoms with Gasteiger partial charge in [0.05, 0.1) is 18.5 Å². The fraction of sp³-hybridized carbons (Fsp3) is 0.273. The SMILES string of the molecule is CCNC(=O)Nc1ccc(-c2sc3c(c2CN(C)CCOC)c(=O)n(-c2cccc(C)n2)c(=O)n3Cc2c(F)cccc2F)cc1. The number of methoxy groups -OCH3 is 1. The maximum absolute atomic E-state index is 15.0. The average Bonchev–Trinajstić information content (AvgIpc) is 3.39.